The molecule has 0 amide bonds. The van der Waals surface area contributed by atoms with E-state index in [0.29, 0.717) is 13.0 Å². The minimum absolute atomic E-state index is 0.154. The molecule has 0 bridgehead atoms. The zero-order valence-electron chi connectivity index (χ0n) is 15.1. The molecule has 1 aliphatic heterocycles. The van der Waals surface area contributed by atoms with Crippen molar-refractivity contribution in [1.29, 1.82) is 0 Å². The van der Waals surface area contributed by atoms with Crippen LogP contribution < -0.4 is 9.64 Å². The van der Waals surface area contributed by atoms with Crippen molar-refractivity contribution < 1.29 is 9.84 Å². The van der Waals surface area contributed by atoms with Crippen LogP contribution in [0.4, 0.5) is 5.69 Å². The molecule has 1 aromatic carbocycles. The quantitative estimate of drug-likeness (QED) is 0.688. The van der Waals surface area contributed by atoms with Gasteiger partial charge in [-0.05, 0) is 25.0 Å². The van der Waals surface area contributed by atoms with Gasteiger partial charge in [-0.3, -0.25) is 0 Å². The van der Waals surface area contributed by atoms with E-state index in [0.717, 1.165) is 37.1 Å². The summed E-state index contributed by atoms with van der Waals surface area (Å²) >= 11 is 0. The van der Waals surface area contributed by atoms with E-state index in [1.807, 2.05) is 36.4 Å². The van der Waals surface area contributed by atoms with E-state index in [2.05, 4.69) is 36.6 Å². The Bertz CT molecular complexity index is 651. The van der Waals surface area contributed by atoms with Crippen molar-refractivity contribution in [3.05, 3.63) is 61.2 Å². The third-order valence-corrected chi connectivity index (χ3v) is 5.22. The molecule has 3 heteroatoms. The van der Waals surface area contributed by atoms with E-state index in [9.17, 15) is 5.11 Å². The first-order chi connectivity index (χ1) is 12.2. The molecule has 1 heterocycles. The lowest BCUT2D eigenvalue weighted by Gasteiger charge is -2.40. The number of fused-ring (bicyclic) bond motifs is 1. The Morgan fingerprint density at radius 3 is 2.96 bits per heavy atom. The fourth-order valence-corrected chi connectivity index (χ4v) is 3.90. The summed E-state index contributed by atoms with van der Waals surface area (Å²) in [6.45, 7) is 6.84. The topological polar surface area (TPSA) is 32.7 Å². The summed E-state index contributed by atoms with van der Waals surface area (Å²) in [4.78, 5) is 2.29. The standard InChI is InChI=1S/C22H29NO2/c1-3-5-15-22(17-20(24)18-11-7-6-8-12-18)23(16-4-2)19-13-9-10-14-21(19)25-22/h4,6-11,13-14,18,20,24H,2-3,5,12,15-17H2,1H3. The third kappa shape index (κ3) is 3.67. The first-order valence-corrected chi connectivity index (χ1v) is 9.38. The molecule has 2 aliphatic rings. The molecular formula is C22H29NO2. The molecule has 0 saturated carbocycles. The number of allylic oxidation sites excluding steroid dienone is 3. The molecular weight excluding hydrogens is 310 g/mol. The Hall–Kier alpha value is -2.00. The summed E-state index contributed by atoms with van der Waals surface area (Å²) in [5, 5.41) is 10.9. The first kappa shape index (κ1) is 17.8. The highest BCUT2D eigenvalue weighted by Gasteiger charge is 2.46. The Balaban J connectivity index is 1.88. The second-order valence-corrected chi connectivity index (χ2v) is 7.00. The van der Waals surface area contributed by atoms with Gasteiger partial charge in [-0.2, -0.15) is 0 Å². The molecule has 3 unspecified atom stereocenters. The second-order valence-electron chi connectivity index (χ2n) is 7.00. The lowest BCUT2D eigenvalue weighted by molar-refractivity contribution is 0.00196. The molecule has 0 radical (unpaired) electrons. The summed E-state index contributed by atoms with van der Waals surface area (Å²) in [6, 6.07) is 8.17. The van der Waals surface area contributed by atoms with Crippen LogP contribution in [0.3, 0.4) is 0 Å². The van der Waals surface area contributed by atoms with Gasteiger partial charge in [-0.25, -0.2) is 0 Å². The van der Waals surface area contributed by atoms with Crippen molar-refractivity contribution in [2.45, 2.75) is 50.9 Å². The molecule has 1 N–H and O–H groups in total. The van der Waals surface area contributed by atoms with Gasteiger partial charge in [0.2, 0.25) is 0 Å². The van der Waals surface area contributed by atoms with Crippen LogP contribution in [-0.4, -0.2) is 23.5 Å². The number of nitrogens with zero attached hydrogens (tertiary/aromatic N) is 1. The van der Waals surface area contributed by atoms with Gasteiger partial charge in [0, 0.05) is 25.3 Å². The highest BCUT2D eigenvalue weighted by molar-refractivity contribution is 5.64. The number of benzene rings is 1. The number of para-hydroxylation sites is 2. The fraction of sp³-hybridized carbons (Fsp3) is 0.455. The highest BCUT2D eigenvalue weighted by Crippen LogP contribution is 2.47. The van der Waals surface area contributed by atoms with Crippen molar-refractivity contribution in [2.75, 3.05) is 11.4 Å². The van der Waals surface area contributed by atoms with Crippen LogP contribution in [0.1, 0.15) is 39.0 Å². The largest absolute Gasteiger partial charge is 0.466 e. The monoisotopic (exact) mass is 339 g/mol. The molecule has 1 aliphatic carbocycles. The Morgan fingerprint density at radius 2 is 2.24 bits per heavy atom. The van der Waals surface area contributed by atoms with Gasteiger partial charge in [-0.1, -0.05) is 55.9 Å². The molecule has 0 saturated heterocycles. The first-order valence-electron chi connectivity index (χ1n) is 9.38. The van der Waals surface area contributed by atoms with Crippen LogP contribution in [-0.2, 0) is 0 Å². The smallest absolute Gasteiger partial charge is 0.186 e. The van der Waals surface area contributed by atoms with Crippen LogP contribution in [0.15, 0.2) is 61.2 Å². The van der Waals surface area contributed by atoms with Crippen molar-refractivity contribution in [1.82, 2.24) is 0 Å². The number of rotatable bonds is 8. The van der Waals surface area contributed by atoms with E-state index in [1.54, 1.807) is 0 Å². The van der Waals surface area contributed by atoms with Gasteiger partial charge < -0.3 is 14.7 Å². The summed E-state index contributed by atoms with van der Waals surface area (Å²) in [6.07, 6.45) is 14.3. The normalized spacial score (nSPS) is 25.5. The number of unbranched alkanes of at least 4 members (excludes halogenated alkanes) is 1. The van der Waals surface area contributed by atoms with Gasteiger partial charge in [0.25, 0.3) is 0 Å². The number of aliphatic hydroxyl groups is 1. The highest BCUT2D eigenvalue weighted by atomic mass is 16.5. The van der Waals surface area contributed by atoms with E-state index in [4.69, 9.17) is 4.74 Å². The van der Waals surface area contributed by atoms with Crippen molar-refractivity contribution >= 4 is 5.69 Å². The van der Waals surface area contributed by atoms with Crippen LogP contribution in [0.25, 0.3) is 0 Å². The van der Waals surface area contributed by atoms with Gasteiger partial charge in [-0.15, -0.1) is 6.58 Å². The van der Waals surface area contributed by atoms with E-state index in [1.165, 1.54) is 0 Å². The number of aliphatic hydroxyl groups excluding tert-OH is 1. The summed E-state index contributed by atoms with van der Waals surface area (Å²) < 4.78 is 6.50. The maximum absolute atomic E-state index is 10.9. The molecule has 1 aromatic rings. The van der Waals surface area contributed by atoms with Crippen LogP contribution in [0.5, 0.6) is 5.75 Å². The zero-order chi connectivity index (χ0) is 17.7. The Labute approximate surface area is 151 Å². The van der Waals surface area contributed by atoms with Crippen molar-refractivity contribution in [2.24, 2.45) is 5.92 Å². The molecule has 0 fully saturated rings. The lowest BCUT2D eigenvalue weighted by atomic mass is 9.87. The van der Waals surface area contributed by atoms with Crippen LogP contribution in [0.2, 0.25) is 0 Å². The Morgan fingerprint density at radius 1 is 1.40 bits per heavy atom. The molecule has 3 atom stereocenters. The molecule has 25 heavy (non-hydrogen) atoms. The van der Waals surface area contributed by atoms with Gasteiger partial charge >= 0.3 is 0 Å². The van der Waals surface area contributed by atoms with E-state index >= 15 is 0 Å². The summed E-state index contributed by atoms with van der Waals surface area (Å²) in [7, 11) is 0. The summed E-state index contributed by atoms with van der Waals surface area (Å²) in [5.41, 5.74) is 0.604. The maximum atomic E-state index is 10.9. The SMILES string of the molecule is C=CCN1c2ccccc2OC1(CCCC)CC(O)C1C=CC=CC1. The predicted octanol–water partition coefficient (Wildman–Crippen LogP) is 4.84. The zero-order valence-corrected chi connectivity index (χ0v) is 15.1. The molecule has 3 nitrogen and oxygen atoms in total. The molecule has 3 rings (SSSR count). The Kier molecular flexibility index (Phi) is 5.64. The van der Waals surface area contributed by atoms with Gasteiger partial charge in [0.15, 0.2) is 5.72 Å². The average Bonchev–Trinajstić information content (AvgIpc) is 2.95. The van der Waals surface area contributed by atoms with Gasteiger partial charge in [0.05, 0.1) is 11.8 Å². The molecule has 0 aromatic heterocycles. The van der Waals surface area contributed by atoms with Crippen LogP contribution >= 0.6 is 0 Å². The lowest BCUT2D eigenvalue weighted by Crippen LogP contribution is -2.52. The predicted molar refractivity (Wildman–Crippen MR) is 104 cm³/mol. The minimum atomic E-state index is -0.498. The maximum Gasteiger partial charge on any atom is 0.186 e. The number of ether oxygens (including phenoxy) is 1. The third-order valence-electron chi connectivity index (χ3n) is 5.22. The molecule has 0 spiro atoms. The van der Waals surface area contributed by atoms with Crippen LogP contribution in [0, 0.1) is 5.92 Å². The van der Waals surface area contributed by atoms with E-state index < -0.39 is 11.8 Å². The summed E-state index contributed by atoms with van der Waals surface area (Å²) in [5.74, 6) is 1.06. The minimum Gasteiger partial charge on any atom is -0.466 e. The number of hydrogen-bond donors (Lipinski definition) is 1. The number of anilines is 1. The van der Waals surface area contributed by atoms with Crippen molar-refractivity contribution in [3.63, 3.8) is 0 Å². The van der Waals surface area contributed by atoms with Gasteiger partial charge in [0.1, 0.15) is 5.75 Å². The molecule has 134 valence electrons. The number of hydrogen-bond acceptors (Lipinski definition) is 3. The fourth-order valence-electron chi connectivity index (χ4n) is 3.90. The van der Waals surface area contributed by atoms with E-state index in [-0.39, 0.29) is 5.92 Å². The average molecular weight is 339 g/mol. The van der Waals surface area contributed by atoms with Crippen molar-refractivity contribution in [3.8, 4) is 5.75 Å². The second kappa shape index (κ2) is 7.92.